The molecule has 0 spiro atoms. The molecular weight excluding hydrogens is 280 g/mol. The van der Waals surface area contributed by atoms with E-state index in [-0.39, 0.29) is 6.54 Å². The van der Waals surface area contributed by atoms with Gasteiger partial charge in [0.2, 0.25) is 0 Å². The van der Waals surface area contributed by atoms with Gasteiger partial charge in [-0.3, -0.25) is 9.59 Å². The Morgan fingerprint density at radius 3 is 2.47 bits per heavy atom. The molecule has 1 aromatic carbocycles. The van der Waals surface area contributed by atoms with Gasteiger partial charge in [-0.1, -0.05) is 18.5 Å². The predicted octanol–water partition coefficient (Wildman–Crippen LogP) is 2.56. The lowest BCUT2D eigenvalue weighted by atomic mass is 10.1. The SMILES string of the molecule is CCCN(CC(=O)O)C(=O)c1cc(F)c(Cl)cc1F. The van der Waals surface area contributed by atoms with E-state index in [1.807, 2.05) is 0 Å². The Morgan fingerprint density at radius 1 is 1.32 bits per heavy atom. The van der Waals surface area contributed by atoms with Crippen molar-refractivity contribution >= 4 is 23.5 Å². The number of rotatable bonds is 5. The predicted molar refractivity (Wildman–Crippen MR) is 65.2 cm³/mol. The van der Waals surface area contributed by atoms with Crippen molar-refractivity contribution in [1.82, 2.24) is 4.90 Å². The molecule has 0 bridgehead atoms. The van der Waals surface area contributed by atoms with Crippen LogP contribution >= 0.6 is 11.6 Å². The molecule has 0 saturated carbocycles. The minimum atomic E-state index is -1.23. The Kier molecular flexibility index (Phi) is 5.23. The summed E-state index contributed by atoms with van der Waals surface area (Å²) in [5.74, 6) is -4.02. The van der Waals surface area contributed by atoms with Crippen LogP contribution in [-0.4, -0.2) is 35.0 Å². The standard InChI is InChI=1S/C12H12ClF2NO3/c1-2-3-16(6-11(17)18)12(19)7-4-10(15)8(13)5-9(7)14/h4-5H,2-3,6H2,1H3,(H,17,18). The Bertz CT molecular complexity index is 508. The average Bonchev–Trinajstić information content (AvgIpc) is 2.32. The van der Waals surface area contributed by atoms with Crippen LogP contribution in [0.4, 0.5) is 8.78 Å². The summed E-state index contributed by atoms with van der Waals surface area (Å²) in [6, 6.07) is 1.36. The molecule has 0 aromatic heterocycles. The zero-order valence-electron chi connectivity index (χ0n) is 10.1. The third kappa shape index (κ3) is 3.89. The van der Waals surface area contributed by atoms with Crippen molar-refractivity contribution in [3.63, 3.8) is 0 Å². The first-order valence-corrected chi connectivity index (χ1v) is 5.90. The lowest BCUT2D eigenvalue weighted by molar-refractivity contribution is -0.137. The van der Waals surface area contributed by atoms with E-state index in [1.165, 1.54) is 0 Å². The summed E-state index contributed by atoms with van der Waals surface area (Å²) in [6.07, 6.45) is 0.497. The van der Waals surface area contributed by atoms with Crippen molar-refractivity contribution in [1.29, 1.82) is 0 Å². The van der Waals surface area contributed by atoms with E-state index in [1.54, 1.807) is 6.92 Å². The van der Waals surface area contributed by atoms with E-state index in [4.69, 9.17) is 16.7 Å². The van der Waals surface area contributed by atoms with Gasteiger partial charge in [-0.15, -0.1) is 0 Å². The molecule has 0 radical (unpaired) electrons. The van der Waals surface area contributed by atoms with Crippen molar-refractivity contribution in [2.24, 2.45) is 0 Å². The fourth-order valence-corrected chi connectivity index (χ4v) is 1.69. The van der Waals surface area contributed by atoms with Crippen LogP contribution in [0.25, 0.3) is 0 Å². The first-order chi connectivity index (χ1) is 8.86. The van der Waals surface area contributed by atoms with Crippen molar-refractivity contribution in [2.75, 3.05) is 13.1 Å². The minimum Gasteiger partial charge on any atom is -0.480 e. The molecule has 1 amide bonds. The number of aliphatic carboxylic acids is 1. The summed E-state index contributed by atoms with van der Waals surface area (Å²) in [5, 5.41) is 8.26. The monoisotopic (exact) mass is 291 g/mol. The number of carbonyl (C=O) groups is 2. The molecular formula is C12H12ClF2NO3. The Balaban J connectivity index is 3.08. The van der Waals surface area contributed by atoms with Gasteiger partial charge in [0.25, 0.3) is 5.91 Å². The molecule has 1 rings (SSSR count). The maximum Gasteiger partial charge on any atom is 0.323 e. The first-order valence-electron chi connectivity index (χ1n) is 5.52. The van der Waals surface area contributed by atoms with Gasteiger partial charge in [-0.05, 0) is 18.6 Å². The number of carbonyl (C=O) groups excluding carboxylic acids is 1. The lowest BCUT2D eigenvalue weighted by Gasteiger charge is -2.20. The van der Waals surface area contributed by atoms with Crippen LogP contribution in [0.3, 0.4) is 0 Å². The molecule has 1 aromatic rings. The van der Waals surface area contributed by atoms with Crippen LogP contribution in [0.15, 0.2) is 12.1 Å². The summed E-state index contributed by atoms with van der Waals surface area (Å²) in [7, 11) is 0. The molecule has 0 fully saturated rings. The number of hydrogen-bond donors (Lipinski definition) is 1. The van der Waals surface area contributed by atoms with Crippen LogP contribution < -0.4 is 0 Å². The van der Waals surface area contributed by atoms with E-state index in [0.717, 1.165) is 4.90 Å². The highest BCUT2D eigenvalue weighted by Gasteiger charge is 2.22. The van der Waals surface area contributed by atoms with Crippen LogP contribution in [0.1, 0.15) is 23.7 Å². The van der Waals surface area contributed by atoms with E-state index in [2.05, 4.69) is 0 Å². The molecule has 104 valence electrons. The molecule has 0 atom stereocenters. The van der Waals surface area contributed by atoms with Crippen molar-refractivity contribution in [3.8, 4) is 0 Å². The van der Waals surface area contributed by atoms with Gasteiger partial charge in [0, 0.05) is 6.54 Å². The van der Waals surface area contributed by atoms with Crippen LogP contribution in [0, 0.1) is 11.6 Å². The normalized spacial score (nSPS) is 10.3. The Hall–Kier alpha value is -1.69. The average molecular weight is 292 g/mol. The van der Waals surface area contributed by atoms with Gasteiger partial charge in [0.1, 0.15) is 18.2 Å². The zero-order valence-corrected chi connectivity index (χ0v) is 10.9. The topological polar surface area (TPSA) is 57.6 Å². The van der Waals surface area contributed by atoms with Crippen molar-refractivity contribution in [3.05, 3.63) is 34.4 Å². The van der Waals surface area contributed by atoms with E-state index < -0.39 is 40.6 Å². The molecule has 4 nitrogen and oxygen atoms in total. The van der Waals surface area contributed by atoms with Crippen LogP contribution in [0.5, 0.6) is 0 Å². The number of halogens is 3. The molecule has 7 heteroatoms. The second-order valence-corrected chi connectivity index (χ2v) is 4.27. The number of carboxylic acid groups (broad SMARTS) is 1. The van der Waals surface area contributed by atoms with Gasteiger partial charge in [-0.25, -0.2) is 8.78 Å². The van der Waals surface area contributed by atoms with Gasteiger partial charge >= 0.3 is 5.97 Å². The highest BCUT2D eigenvalue weighted by Crippen LogP contribution is 2.20. The Labute approximate surface area is 113 Å². The quantitative estimate of drug-likeness (QED) is 0.848. The molecule has 0 aliphatic carbocycles. The molecule has 0 saturated heterocycles. The number of carboxylic acids is 1. The first kappa shape index (κ1) is 15.4. The summed E-state index contributed by atoms with van der Waals surface area (Å²) in [4.78, 5) is 23.5. The molecule has 19 heavy (non-hydrogen) atoms. The molecule has 0 aliphatic rings. The number of amides is 1. The number of hydrogen-bond acceptors (Lipinski definition) is 2. The number of benzene rings is 1. The second kappa shape index (κ2) is 6.47. The summed E-state index contributed by atoms with van der Waals surface area (Å²) in [5.41, 5.74) is -0.531. The maximum absolute atomic E-state index is 13.6. The second-order valence-electron chi connectivity index (χ2n) is 3.87. The highest BCUT2D eigenvalue weighted by atomic mass is 35.5. The molecule has 0 aliphatic heterocycles. The van der Waals surface area contributed by atoms with Crippen LogP contribution in [-0.2, 0) is 4.79 Å². The van der Waals surface area contributed by atoms with Crippen LogP contribution in [0.2, 0.25) is 5.02 Å². The smallest absolute Gasteiger partial charge is 0.323 e. The molecule has 0 unspecified atom stereocenters. The largest absolute Gasteiger partial charge is 0.480 e. The number of nitrogens with zero attached hydrogens (tertiary/aromatic N) is 1. The summed E-state index contributed by atoms with van der Waals surface area (Å²) in [6.45, 7) is 1.30. The fraction of sp³-hybridized carbons (Fsp3) is 0.333. The van der Waals surface area contributed by atoms with Crippen molar-refractivity contribution < 1.29 is 23.5 Å². The van der Waals surface area contributed by atoms with Crippen molar-refractivity contribution in [2.45, 2.75) is 13.3 Å². The minimum absolute atomic E-state index is 0.134. The van der Waals surface area contributed by atoms with E-state index in [9.17, 15) is 18.4 Å². The summed E-state index contributed by atoms with van der Waals surface area (Å²) >= 11 is 5.38. The van der Waals surface area contributed by atoms with Gasteiger partial charge in [0.15, 0.2) is 0 Å². The zero-order chi connectivity index (χ0) is 14.6. The van der Waals surface area contributed by atoms with Gasteiger partial charge in [-0.2, -0.15) is 0 Å². The van der Waals surface area contributed by atoms with E-state index >= 15 is 0 Å². The maximum atomic E-state index is 13.6. The van der Waals surface area contributed by atoms with E-state index in [0.29, 0.717) is 18.6 Å². The Morgan fingerprint density at radius 2 is 1.95 bits per heavy atom. The van der Waals surface area contributed by atoms with Gasteiger partial charge < -0.3 is 10.0 Å². The molecule has 0 heterocycles. The highest BCUT2D eigenvalue weighted by molar-refractivity contribution is 6.30. The van der Waals surface area contributed by atoms with Gasteiger partial charge in [0.05, 0.1) is 10.6 Å². The summed E-state index contributed by atoms with van der Waals surface area (Å²) < 4.78 is 26.8. The lowest BCUT2D eigenvalue weighted by Crippen LogP contribution is -2.36. The third-order valence-corrected chi connectivity index (χ3v) is 2.64. The third-order valence-electron chi connectivity index (χ3n) is 2.35. The molecule has 1 N–H and O–H groups in total. The fourth-order valence-electron chi connectivity index (χ4n) is 1.54.